The second kappa shape index (κ2) is 12.3. The first kappa shape index (κ1) is 33.4. The van der Waals surface area contributed by atoms with Crippen molar-refractivity contribution in [3.8, 4) is 22.3 Å². The van der Waals surface area contributed by atoms with Gasteiger partial charge in [0.1, 0.15) is 11.5 Å². The number of hydrogen-bond acceptors (Lipinski definition) is 5. The minimum absolute atomic E-state index is 0.118. The van der Waals surface area contributed by atoms with Gasteiger partial charge in [-0.05, 0) is 86.8 Å². The van der Waals surface area contributed by atoms with Crippen LogP contribution in [0, 0.1) is 5.82 Å². The molecule has 0 spiro atoms. The lowest BCUT2D eigenvalue weighted by Gasteiger charge is -2.17. The molecular formula is C34H33F4N5O4. The van der Waals surface area contributed by atoms with E-state index in [0.29, 0.717) is 27.7 Å². The Labute approximate surface area is 265 Å². The van der Waals surface area contributed by atoms with Crippen LogP contribution in [0.25, 0.3) is 44.3 Å². The standard InChI is InChI=1S/C17H16F3N3O2.C17H17FN2O2/c1-16(2,25)9-23-13-5-3-10(7-12(13)22-15(23)24)11-4-6-14(21-8-11)17(18,19)20;1-17(2,22)10-20-15-8-5-12(9-14(15)19-16(20)21)11-3-6-13(18)7-4-11/h3-8,25H,9H2,1-2H3,(H,22,24);3-9,22H,10H2,1-2H3,(H,19,21). The summed E-state index contributed by atoms with van der Waals surface area (Å²) in [5.74, 6) is -0.283. The number of fused-ring (bicyclic) bond motifs is 2. The Morgan fingerprint density at radius 3 is 1.49 bits per heavy atom. The number of hydrogen-bond donors (Lipinski definition) is 4. The zero-order valence-electron chi connectivity index (χ0n) is 26.0. The summed E-state index contributed by atoms with van der Waals surface area (Å²) in [5, 5.41) is 19.8. The van der Waals surface area contributed by atoms with Gasteiger partial charge in [-0.2, -0.15) is 13.2 Å². The molecule has 246 valence electrons. The highest BCUT2D eigenvalue weighted by atomic mass is 19.4. The number of nitrogens with zero attached hydrogens (tertiary/aromatic N) is 3. The number of alkyl halides is 3. The molecule has 6 aromatic rings. The summed E-state index contributed by atoms with van der Waals surface area (Å²) in [5.41, 5.74) is 1.86. The maximum absolute atomic E-state index is 13.0. The fourth-order valence-corrected chi connectivity index (χ4v) is 5.15. The minimum atomic E-state index is -4.48. The Bertz CT molecular complexity index is 2150. The Hall–Kier alpha value is -5.01. The third kappa shape index (κ3) is 7.87. The fraction of sp³-hybridized carbons (Fsp3) is 0.265. The van der Waals surface area contributed by atoms with E-state index in [2.05, 4.69) is 15.0 Å². The number of pyridine rings is 1. The van der Waals surface area contributed by atoms with Crippen molar-refractivity contribution in [1.29, 1.82) is 0 Å². The molecule has 0 aliphatic rings. The Morgan fingerprint density at radius 1 is 0.660 bits per heavy atom. The topological polar surface area (TPSA) is 129 Å². The van der Waals surface area contributed by atoms with Gasteiger partial charge in [0.15, 0.2) is 0 Å². The number of aliphatic hydroxyl groups is 2. The van der Waals surface area contributed by atoms with Crippen LogP contribution < -0.4 is 11.4 Å². The molecule has 3 heterocycles. The van der Waals surface area contributed by atoms with Crippen LogP contribution in [0.1, 0.15) is 33.4 Å². The third-order valence-corrected chi connectivity index (χ3v) is 7.20. The summed E-state index contributed by atoms with van der Waals surface area (Å²) in [4.78, 5) is 33.1. The molecule has 0 radical (unpaired) electrons. The van der Waals surface area contributed by atoms with E-state index in [0.717, 1.165) is 28.9 Å². The van der Waals surface area contributed by atoms with E-state index >= 15 is 0 Å². The maximum atomic E-state index is 13.0. The Balaban J connectivity index is 0.000000186. The molecule has 3 aromatic carbocycles. The molecule has 0 fully saturated rings. The molecule has 0 saturated heterocycles. The van der Waals surface area contributed by atoms with Crippen molar-refractivity contribution in [2.24, 2.45) is 0 Å². The molecule has 0 saturated carbocycles. The van der Waals surface area contributed by atoms with E-state index in [1.54, 1.807) is 58.0 Å². The molecule has 0 aliphatic carbocycles. The lowest BCUT2D eigenvalue weighted by Crippen LogP contribution is -2.31. The van der Waals surface area contributed by atoms with Crippen molar-refractivity contribution >= 4 is 22.1 Å². The highest BCUT2D eigenvalue weighted by Crippen LogP contribution is 2.30. The zero-order valence-corrected chi connectivity index (χ0v) is 26.0. The van der Waals surface area contributed by atoms with E-state index in [4.69, 9.17) is 0 Å². The molecule has 47 heavy (non-hydrogen) atoms. The number of halogens is 4. The molecule has 6 rings (SSSR count). The van der Waals surface area contributed by atoms with E-state index in [1.165, 1.54) is 27.3 Å². The van der Waals surface area contributed by atoms with Crippen molar-refractivity contribution in [3.05, 3.63) is 111 Å². The minimum Gasteiger partial charge on any atom is -0.389 e. The summed E-state index contributed by atoms with van der Waals surface area (Å²) >= 11 is 0. The first-order valence-electron chi connectivity index (χ1n) is 14.6. The van der Waals surface area contributed by atoms with Gasteiger partial charge in [0.05, 0.1) is 46.4 Å². The summed E-state index contributed by atoms with van der Waals surface area (Å²) < 4.78 is 53.7. The average Bonchev–Trinajstić information content (AvgIpc) is 3.45. The van der Waals surface area contributed by atoms with Crippen LogP contribution in [0.5, 0.6) is 0 Å². The van der Waals surface area contributed by atoms with Crippen LogP contribution in [-0.4, -0.2) is 45.5 Å². The van der Waals surface area contributed by atoms with Crippen LogP contribution in [-0.2, 0) is 19.3 Å². The van der Waals surface area contributed by atoms with Crippen molar-refractivity contribution in [3.63, 3.8) is 0 Å². The van der Waals surface area contributed by atoms with Gasteiger partial charge < -0.3 is 20.2 Å². The molecule has 0 bridgehead atoms. The van der Waals surface area contributed by atoms with Gasteiger partial charge in [0.25, 0.3) is 0 Å². The van der Waals surface area contributed by atoms with E-state index in [1.807, 2.05) is 18.2 Å². The fourth-order valence-electron chi connectivity index (χ4n) is 5.15. The quantitative estimate of drug-likeness (QED) is 0.162. The van der Waals surface area contributed by atoms with Crippen molar-refractivity contribution in [2.45, 2.75) is 58.2 Å². The van der Waals surface area contributed by atoms with E-state index in [-0.39, 0.29) is 30.3 Å². The number of benzene rings is 3. The molecular weight excluding hydrogens is 618 g/mol. The summed E-state index contributed by atoms with van der Waals surface area (Å²) in [6, 6.07) is 19.1. The monoisotopic (exact) mass is 651 g/mol. The number of aromatic nitrogens is 5. The van der Waals surface area contributed by atoms with Crippen LogP contribution in [0.2, 0.25) is 0 Å². The highest BCUT2D eigenvalue weighted by Gasteiger charge is 2.32. The van der Waals surface area contributed by atoms with Gasteiger partial charge in [-0.1, -0.05) is 30.3 Å². The normalized spacial score (nSPS) is 12.4. The first-order valence-corrected chi connectivity index (χ1v) is 14.6. The Kier molecular flexibility index (Phi) is 8.73. The zero-order chi connectivity index (χ0) is 34.3. The second-order valence-corrected chi connectivity index (χ2v) is 12.6. The van der Waals surface area contributed by atoms with Gasteiger partial charge in [-0.15, -0.1) is 0 Å². The second-order valence-electron chi connectivity index (χ2n) is 12.6. The van der Waals surface area contributed by atoms with Gasteiger partial charge in [-0.25, -0.2) is 14.0 Å². The molecule has 13 heteroatoms. The molecule has 0 amide bonds. The highest BCUT2D eigenvalue weighted by molar-refractivity contribution is 5.83. The van der Waals surface area contributed by atoms with Crippen molar-refractivity contribution in [2.75, 3.05) is 0 Å². The van der Waals surface area contributed by atoms with E-state index in [9.17, 15) is 37.4 Å². The van der Waals surface area contributed by atoms with Crippen molar-refractivity contribution in [1.82, 2.24) is 24.1 Å². The lowest BCUT2D eigenvalue weighted by molar-refractivity contribution is -0.141. The summed E-state index contributed by atoms with van der Waals surface area (Å²) in [6.45, 7) is 6.84. The molecule has 3 aromatic heterocycles. The summed E-state index contributed by atoms with van der Waals surface area (Å²) in [6.07, 6.45) is -3.34. The van der Waals surface area contributed by atoms with E-state index < -0.39 is 23.1 Å². The van der Waals surface area contributed by atoms with Crippen LogP contribution in [0.3, 0.4) is 0 Å². The number of H-pyrrole nitrogens is 2. The molecule has 0 atom stereocenters. The van der Waals surface area contributed by atoms with Crippen LogP contribution >= 0.6 is 0 Å². The first-order chi connectivity index (χ1) is 21.9. The third-order valence-electron chi connectivity index (χ3n) is 7.20. The van der Waals surface area contributed by atoms with Gasteiger partial charge >= 0.3 is 17.6 Å². The lowest BCUT2D eigenvalue weighted by atomic mass is 10.0. The average molecular weight is 652 g/mol. The number of aromatic amines is 2. The molecule has 0 aliphatic heterocycles. The Morgan fingerprint density at radius 2 is 1.09 bits per heavy atom. The number of rotatable bonds is 6. The van der Waals surface area contributed by atoms with Gasteiger partial charge in [-0.3, -0.25) is 14.1 Å². The molecule has 4 N–H and O–H groups in total. The molecule has 9 nitrogen and oxygen atoms in total. The number of nitrogens with one attached hydrogen (secondary N) is 2. The van der Waals surface area contributed by atoms with Gasteiger partial charge in [0.2, 0.25) is 0 Å². The SMILES string of the molecule is CC(C)(O)Cn1c(=O)[nH]c2cc(-c3ccc(C(F)(F)F)nc3)ccc21.CC(C)(O)Cn1c(=O)[nH]c2cc(-c3ccc(F)cc3)ccc21. The smallest absolute Gasteiger partial charge is 0.389 e. The summed E-state index contributed by atoms with van der Waals surface area (Å²) in [7, 11) is 0. The van der Waals surface area contributed by atoms with Crippen LogP contribution in [0.15, 0.2) is 88.6 Å². The predicted molar refractivity (Wildman–Crippen MR) is 171 cm³/mol. The van der Waals surface area contributed by atoms with Gasteiger partial charge in [0, 0.05) is 11.8 Å². The number of imidazole rings is 2. The van der Waals surface area contributed by atoms with Crippen molar-refractivity contribution < 1.29 is 27.8 Å². The largest absolute Gasteiger partial charge is 0.433 e. The predicted octanol–water partition coefficient (Wildman–Crippen LogP) is 6.09. The maximum Gasteiger partial charge on any atom is 0.433 e. The molecule has 0 unspecified atom stereocenters. The van der Waals surface area contributed by atoms with Crippen LogP contribution in [0.4, 0.5) is 17.6 Å².